The molecule has 3 atom stereocenters. The molecule has 1 aromatic carbocycles. The molecule has 0 saturated carbocycles. The van der Waals surface area contributed by atoms with E-state index in [0.29, 0.717) is 64.9 Å². The SMILES string of the molecule is C[C@@H]1CN(c2ccc(Nc3ncc4cc(-c5nc(-c6nnn(C)n6)cn5C)c(=O)n(C5CCOC5)c4n3)cc2F)C[C@H](C)N1. The number of piperazine rings is 1. The van der Waals surface area contributed by atoms with Crippen LogP contribution in [0.4, 0.5) is 21.7 Å². The highest BCUT2D eigenvalue weighted by molar-refractivity contribution is 5.81. The van der Waals surface area contributed by atoms with Crippen LogP contribution >= 0.6 is 0 Å². The molecule has 15 heteroatoms. The average molecular weight is 601 g/mol. The van der Waals surface area contributed by atoms with Gasteiger partial charge in [-0.3, -0.25) is 9.36 Å². The molecule has 0 radical (unpaired) electrons. The van der Waals surface area contributed by atoms with Crippen molar-refractivity contribution in [2.75, 3.05) is 36.5 Å². The van der Waals surface area contributed by atoms with E-state index in [0.717, 1.165) is 13.1 Å². The Morgan fingerprint density at radius 1 is 1.11 bits per heavy atom. The molecule has 1 unspecified atom stereocenters. The van der Waals surface area contributed by atoms with E-state index >= 15 is 4.39 Å². The third-order valence-corrected chi connectivity index (χ3v) is 8.00. The van der Waals surface area contributed by atoms with E-state index in [4.69, 9.17) is 9.72 Å². The third-order valence-electron chi connectivity index (χ3n) is 8.00. The number of aryl methyl sites for hydroxylation is 2. The van der Waals surface area contributed by atoms with Gasteiger partial charge in [-0.15, -0.1) is 10.2 Å². The zero-order valence-electron chi connectivity index (χ0n) is 24.9. The van der Waals surface area contributed by atoms with Crippen LogP contribution in [0.3, 0.4) is 0 Å². The molecule has 4 aromatic heterocycles. The lowest BCUT2D eigenvalue weighted by Crippen LogP contribution is -2.54. The van der Waals surface area contributed by atoms with Gasteiger partial charge in [0.2, 0.25) is 11.8 Å². The Morgan fingerprint density at radius 2 is 1.93 bits per heavy atom. The lowest BCUT2D eigenvalue weighted by Gasteiger charge is -2.37. The molecule has 0 spiro atoms. The minimum Gasteiger partial charge on any atom is -0.379 e. The van der Waals surface area contributed by atoms with Gasteiger partial charge >= 0.3 is 0 Å². The second-order valence-electron chi connectivity index (χ2n) is 11.6. The number of hydrogen-bond acceptors (Lipinski definition) is 11. The lowest BCUT2D eigenvalue weighted by molar-refractivity contribution is 0.186. The Kier molecular flexibility index (Phi) is 7.05. The fourth-order valence-electron chi connectivity index (χ4n) is 6.11. The van der Waals surface area contributed by atoms with Crippen LogP contribution in [-0.2, 0) is 18.8 Å². The van der Waals surface area contributed by atoms with Gasteiger partial charge in [0, 0.05) is 62.3 Å². The van der Waals surface area contributed by atoms with Crippen LogP contribution in [0.5, 0.6) is 0 Å². The Balaban J connectivity index is 1.24. The molecule has 5 aromatic rings. The first-order valence-corrected chi connectivity index (χ1v) is 14.6. The first kappa shape index (κ1) is 28.0. The smallest absolute Gasteiger partial charge is 0.263 e. The van der Waals surface area contributed by atoms with Crippen LogP contribution in [0.25, 0.3) is 33.9 Å². The Bertz CT molecular complexity index is 1900. The standard InChI is InChI=1S/C29H33FN12O2/c1-16-12-41(13-17(2)32-16)24-6-5-19(10-22(24)30)33-29-31-11-18-9-21(28(43)42(26(18)35-29)20-7-8-44-15-20)27-34-23(14-39(27)3)25-36-38-40(4)37-25/h5-6,9-11,14,16-17,20,32H,7-8,12-13,15H2,1-4H3,(H,31,33,35)/t16-,17+,20?. The summed E-state index contributed by atoms with van der Waals surface area (Å²) in [7, 11) is 3.49. The molecule has 6 heterocycles. The number of rotatable bonds is 6. The molecule has 228 valence electrons. The van der Waals surface area contributed by atoms with E-state index in [2.05, 4.69) is 54.8 Å². The van der Waals surface area contributed by atoms with Crippen molar-refractivity contribution in [3.05, 3.63) is 52.8 Å². The van der Waals surface area contributed by atoms with Crippen molar-refractivity contribution in [2.24, 2.45) is 14.1 Å². The fourth-order valence-corrected chi connectivity index (χ4v) is 6.11. The maximum atomic E-state index is 15.3. The number of imidazole rings is 1. The molecule has 2 saturated heterocycles. The van der Waals surface area contributed by atoms with Gasteiger partial charge in [-0.2, -0.15) is 9.78 Å². The van der Waals surface area contributed by atoms with Crippen LogP contribution in [0.15, 0.2) is 41.5 Å². The Morgan fingerprint density at radius 3 is 2.64 bits per heavy atom. The summed E-state index contributed by atoms with van der Waals surface area (Å²) in [5, 5.41) is 19.4. The number of nitrogens with one attached hydrogen (secondary N) is 2. The number of halogens is 1. The molecule has 0 bridgehead atoms. The maximum absolute atomic E-state index is 15.3. The molecule has 2 aliphatic rings. The van der Waals surface area contributed by atoms with Gasteiger partial charge < -0.3 is 24.8 Å². The van der Waals surface area contributed by atoms with Gasteiger partial charge in [-0.1, -0.05) is 0 Å². The number of benzene rings is 1. The van der Waals surface area contributed by atoms with Crippen molar-refractivity contribution >= 4 is 28.4 Å². The van der Waals surface area contributed by atoms with E-state index in [1.807, 2.05) is 13.1 Å². The van der Waals surface area contributed by atoms with E-state index in [1.54, 1.807) is 40.7 Å². The first-order chi connectivity index (χ1) is 21.2. The van der Waals surface area contributed by atoms with Crippen molar-refractivity contribution in [2.45, 2.75) is 38.4 Å². The van der Waals surface area contributed by atoms with Crippen molar-refractivity contribution in [1.29, 1.82) is 0 Å². The highest BCUT2D eigenvalue weighted by Crippen LogP contribution is 2.29. The summed E-state index contributed by atoms with van der Waals surface area (Å²) in [4.78, 5) is 31.4. The van der Waals surface area contributed by atoms with Crippen LogP contribution in [0, 0.1) is 5.82 Å². The highest BCUT2D eigenvalue weighted by atomic mass is 19.1. The number of aromatic nitrogens is 9. The van der Waals surface area contributed by atoms with Crippen molar-refractivity contribution in [1.82, 2.24) is 49.6 Å². The average Bonchev–Trinajstić information content (AvgIpc) is 3.74. The molecule has 7 rings (SSSR count). The van der Waals surface area contributed by atoms with Gasteiger partial charge in [0.05, 0.1) is 30.9 Å². The van der Waals surface area contributed by atoms with Crippen LogP contribution in [-0.4, -0.2) is 82.7 Å². The predicted octanol–water partition coefficient (Wildman–Crippen LogP) is 2.41. The molecule has 0 aliphatic carbocycles. The van der Waals surface area contributed by atoms with Gasteiger partial charge in [-0.25, -0.2) is 14.4 Å². The molecule has 14 nitrogen and oxygen atoms in total. The highest BCUT2D eigenvalue weighted by Gasteiger charge is 2.26. The minimum atomic E-state index is -0.326. The fraction of sp³-hybridized carbons (Fsp3) is 0.414. The predicted molar refractivity (Wildman–Crippen MR) is 162 cm³/mol. The number of pyridine rings is 1. The van der Waals surface area contributed by atoms with E-state index < -0.39 is 0 Å². The summed E-state index contributed by atoms with van der Waals surface area (Å²) < 4.78 is 24.4. The summed E-state index contributed by atoms with van der Waals surface area (Å²) >= 11 is 0. The summed E-state index contributed by atoms with van der Waals surface area (Å²) in [5.74, 6) is 0.744. The topological polar surface area (TPSA) is 146 Å². The maximum Gasteiger partial charge on any atom is 0.263 e. The number of hydrogen-bond donors (Lipinski definition) is 2. The molecular formula is C29H33FN12O2. The number of ether oxygens (including phenoxy) is 1. The summed E-state index contributed by atoms with van der Waals surface area (Å²) in [6, 6.07) is 7.10. The Labute approximate surface area is 251 Å². The number of fused-ring (bicyclic) bond motifs is 1. The molecule has 44 heavy (non-hydrogen) atoms. The van der Waals surface area contributed by atoms with E-state index in [-0.39, 0.29) is 35.5 Å². The number of tetrazole rings is 1. The van der Waals surface area contributed by atoms with E-state index in [9.17, 15) is 4.79 Å². The molecular weight excluding hydrogens is 567 g/mol. The van der Waals surface area contributed by atoms with Gasteiger partial charge in [-0.05, 0) is 49.7 Å². The van der Waals surface area contributed by atoms with Crippen LogP contribution in [0.2, 0.25) is 0 Å². The van der Waals surface area contributed by atoms with Crippen molar-refractivity contribution in [3.63, 3.8) is 0 Å². The second-order valence-corrected chi connectivity index (χ2v) is 11.6. The zero-order valence-corrected chi connectivity index (χ0v) is 24.9. The van der Waals surface area contributed by atoms with Crippen molar-refractivity contribution in [3.8, 4) is 22.9 Å². The molecule has 2 N–H and O–H groups in total. The monoisotopic (exact) mass is 600 g/mol. The van der Waals surface area contributed by atoms with Crippen LogP contribution in [0.1, 0.15) is 26.3 Å². The molecule has 2 fully saturated rings. The molecule has 2 aliphatic heterocycles. The van der Waals surface area contributed by atoms with Gasteiger partial charge in [0.1, 0.15) is 23.0 Å². The second kappa shape index (κ2) is 11.1. The lowest BCUT2D eigenvalue weighted by atomic mass is 10.1. The number of anilines is 3. The number of nitrogens with zero attached hydrogens (tertiary/aromatic N) is 10. The first-order valence-electron chi connectivity index (χ1n) is 14.6. The largest absolute Gasteiger partial charge is 0.379 e. The quantitative estimate of drug-likeness (QED) is 0.296. The summed E-state index contributed by atoms with van der Waals surface area (Å²) in [6.45, 7) is 6.57. The van der Waals surface area contributed by atoms with Gasteiger partial charge in [0.25, 0.3) is 5.56 Å². The van der Waals surface area contributed by atoms with Crippen molar-refractivity contribution < 1.29 is 9.13 Å². The zero-order chi connectivity index (χ0) is 30.5. The van der Waals surface area contributed by atoms with Gasteiger partial charge in [0.15, 0.2) is 0 Å². The normalized spacial score (nSPS) is 20.5. The molecule has 0 amide bonds. The third kappa shape index (κ3) is 5.17. The minimum absolute atomic E-state index is 0.213. The summed E-state index contributed by atoms with van der Waals surface area (Å²) in [5.41, 5.74) is 2.17. The van der Waals surface area contributed by atoms with Crippen LogP contribution < -0.4 is 21.1 Å². The van der Waals surface area contributed by atoms with E-state index in [1.165, 1.54) is 10.9 Å². The summed E-state index contributed by atoms with van der Waals surface area (Å²) in [6.07, 6.45) is 4.08. The Hall–Kier alpha value is -4.76.